The fraction of sp³-hybridized carbons (Fsp3) is 0.158. The number of methoxy groups -OCH3 is 1. The highest BCUT2D eigenvalue weighted by Crippen LogP contribution is 2.35. The van der Waals surface area contributed by atoms with Gasteiger partial charge < -0.3 is 14.6 Å². The van der Waals surface area contributed by atoms with Crippen molar-refractivity contribution in [2.24, 2.45) is 0 Å². The van der Waals surface area contributed by atoms with Gasteiger partial charge in [0, 0.05) is 17.0 Å². The normalized spacial score (nSPS) is 10.5. The minimum Gasteiger partial charge on any atom is -0.497 e. The Hall–Kier alpha value is -2.93. The zero-order valence-corrected chi connectivity index (χ0v) is 14.8. The van der Waals surface area contributed by atoms with Crippen LogP contribution in [0.5, 0.6) is 11.5 Å². The lowest BCUT2D eigenvalue weighted by Crippen LogP contribution is -2.01. The third kappa shape index (κ3) is 4.18. The Morgan fingerprint density at radius 2 is 2.08 bits per heavy atom. The number of nitrogens with zero attached hydrogens (tertiary/aromatic N) is 1. The lowest BCUT2D eigenvalue weighted by atomic mass is 10.2. The quantitative estimate of drug-likeness (QED) is 0.673. The fourth-order valence-corrected chi connectivity index (χ4v) is 3.21. The minimum atomic E-state index is -0.937. The molecule has 0 saturated heterocycles. The van der Waals surface area contributed by atoms with E-state index in [4.69, 9.17) is 14.6 Å². The van der Waals surface area contributed by atoms with Crippen LogP contribution < -0.4 is 9.47 Å². The first-order chi connectivity index (χ1) is 12.6. The van der Waals surface area contributed by atoms with Crippen molar-refractivity contribution in [1.29, 1.82) is 0 Å². The van der Waals surface area contributed by atoms with Crippen molar-refractivity contribution in [2.75, 3.05) is 7.11 Å². The van der Waals surface area contributed by atoms with Gasteiger partial charge in [-0.1, -0.05) is 18.2 Å². The Morgan fingerprint density at radius 3 is 2.81 bits per heavy atom. The van der Waals surface area contributed by atoms with Crippen LogP contribution in [0.3, 0.4) is 0 Å². The van der Waals surface area contributed by atoms with Crippen LogP contribution in [-0.2, 0) is 17.8 Å². The molecular weight excluding hydrogens is 357 g/mol. The van der Waals surface area contributed by atoms with Crippen molar-refractivity contribution in [3.05, 3.63) is 64.9 Å². The molecule has 1 aromatic heterocycles. The van der Waals surface area contributed by atoms with Gasteiger partial charge in [-0.25, -0.2) is 9.37 Å². The Bertz CT molecular complexity index is 925. The van der Waals surface area contributed by atoms with Crippen molar-refractivity contribution >= 4 is 17.3 Å². The molecule has 3 aromatic rings. The molecule has 0 aliphatic heterocycles. The number of carbonyl (C=O) groups is 1. The van der Waals surface area contributed by atoms with Gasteiger partial charge >= 0.3 is 5.97 Å². The number of thiazole rings is 1. The van der Waals surface area contributed by atoms with Crippen LogP contribution in [0.25, 0.3) is 10.6 Å². The summed E-state index contributed by atoms with van der Waals surface area (Å²) in [6, 6.07) is 11.7. The van der Waals surface area contributed by atoms with Crippen LogP contribution in [0.15, 0.2) is 47.8 Å². The van der Waals surface area contributed by atoms with Gasteiger partial charge in [-0.2, -0.15) is 0 Å². The summed E-state index contributed by atoms with van der Waals surface area (Å²) in [7, 11) is 1.55. The van der Waals surface area contributed by atoms with Gasteiger partial charge in [-0.3, -0.25) is 4.79 Å². The van der Waals surface area contributed by atoms with Crippen LogP contribution in [0.1, 0.15) is 11.3 Å². The summed E-state index contributed by atoms with van der Waals surface area (Å²) >= 11 is 1.33. The molecule has 0 atom stereocenters. The maximum atomic E-state index is 13.8. The van der Waals surface area contributed by atoms with Gasteiger partial charge in [-0.05, 0) is 18.2 Å². The topological polar surface area (TPSA) is 68.7 Å². The number of carboxylic acid groups (broad SMARTS) is 1. The summed E-state index contributed by atoms with van der Waals surface area (Å²) in [5.41, 5.74) is 1.61. The van der Waals surface area contributed by atoms with E-state index in [1.165, 1.54) is 17.4 Å². The molecule has 1 heterocycles. The molecule has 7 heteroatoms. The molecule has 0 spiro atoms. The monoisotopic (exact) mass is 373 g/mol. The first kappa shape index (κ1) is 17.9. The zero-order chi connectivity index (χ0) is 18.5. The Balaban J connectivity index is 1.89. The molecule has 0 saturated carbocycles. The molecule has 5 nitrogen and oxygen atoms in total. The SMILES string of the molecule is COc1ccc(-c2nc(CC(=O)O)cs2)c(OCc2ccccc2F)c1. The molecule has 1 N–H and O–H groups in total. The molecular formula is C19H16FNO4S. The van der Waals surface area contributed by atoms with Gasteiger partial charge in [0.25, 0.3) is 0 Å². The average Bonchev–Trinajstić information content (AvgIpc) is 3.08. The molecule has 26 heavy (non-hydrogen) atoms. The molecule has 0 radical (unpaired) electrons. The number of benzene rings is 2. The molecule has 2 aromatic carbocycles. The lowest BCUT2D eigenvalue weighted by Gasteiger charge is -2.12. The van der Waals surface area contributed by atoms with E-state index in [2.05, 4.69) is 4.98 Å². The predicted octanol–water partition coefficient (Wildman–Crippen LogP) is 4.16. The maximum absolute atomic E-state index is 13.8. The first-order valence-corrected chi connectivity index (χ1v) is 8.65. The van der Waals surface area contributed by atoms with E-state index in [1.807, 2.05) is 0 Å². The number of hydrogen-bond acceptors (Lipinski definition) is 5. The first-order valence-electron chi connectivity index (χ1n) is 7.77. The van der Waals surface area contributed by atoms with E-state index in [1.54, 1.807) is 48.9 Å². The van der Waals surface area contributed by atoms with E-state index < -0.39 is 5.97 Å². The number of hydrogen-bond donors (Lipinski definition) is 1. The van der Waals surface area contributed by atoms with Crippen LogP contribution in [0.2, 0.25) is 0 Å². The van der Waals surface area contributed by atoms with Gasteiger partial charge in [0.1, 0.15) is 28.9 Å². The van der Waals surface area contributed by atoms with E-state index >= 15 is 0 Å². The Kier molecular flexibility index (Phi) is 5.48. The van der Waals surface area contributed by atoms with Gasteiger partial charge in [0.15, 0.2) is 0 Å². The molecule has 0 unspecified atom stereocenters. The van der Waals surface area contributed by atoms with Crippen molar-refractivity contribution in [1.82, 2.24) is 4.98 Å². The Labute approximate surface area is 153 Å². The summed E-state index contributed by atoms with van der Waals surface area (Å²) < 4.78 is 24.9. The van der Waals surface area contributed by atoms with Crippen molar-refractivity contribution < 1.29 is 23.8 Å². The van der Waals surface area contributed by atoms with Crippen molar-refractivity contribution in [2.45, 2.75) is 13.0 Å². The summed E-state index contributed by atoms with van der Waals surface area (Å²) in [6.45, 7) is 0.0558. The number of halogens is 1. The van der Waals surface area contributed by atoms with Gasteiger partial charge in [-0.15, -0.1) is 11.3 Å². The highest BCUT2D eigenvalue weighted by Gasteiger charge is 2.14. The molecule has 0 amide bonds. The maximum Gasteiger partial charge on any atom is 0.309 e. The molecule has 3 rings (SSSR count). The predicted molar refractivity (Wildman–Crippen MR) is 96.2 cm³/mol. The fourth-order valence-electron chi connectivity index (χ4n) is 2.36. The minimum absolute atomic E-state index is 0.0558. The molecule has 0 fully saturated rings. The second-order valence-corrected chi connectivity index (χ2v) is 6.31. The van der Waals surface area contributed by atoms with E-state index in [-0.39, 0.29) is 18.8 Å². The molecule has 134 valence electrons. The van der Waals surface area contributed by atoms with Gasteiger partial charge in [0.05, 0.1) is 24.8 Å². The largest absolute Gasteiger partial charge is 0.497 e. The second kappa shape index (κ2) is 7.97. The van der Waals surface area contributed by atoms with Crippen LogP contribution in [0.4, 0.5) is 4.39 Å². The number of aliphatic carboxylic acids is 1. The van der Waals surface area contributed by atoms with Crippen LogP contribution >= 0.6 is 11.3 Å². The highest BCUT2D eigenvalue weighted by atomic mass is 32.1. The second-order valence-electron chi connectivity index (χ2n) is 5.46. The van der Waals surface area contributed by atoms with Gasteiger partial charge in [0.2, 0.25) is 0 Å². The van der Waals surface area contributed by atoms with Crippen molar-refractivity contribution in [3.8, 4) is 22.1 Å². The summed E-state index contributed by atoms with van der Waals surface area (Å²) in [6.07, 6.45) is -0.141. The number of aromatic nitrogens is 1. The molecule has 0 bridgehead atoms. The standard InChI is InChI=1S/C19H16FNO4S/c1-24-14-6-7-15(19-21-13(11-26-19)8-18(22)23)17(9-14)25-10-12-4-2-3-5-16(12)20/h2-7,9,11H,8,10H2,1H3,(H,22,23). The summed E-state index contributed by atoms with van der Waals surface area (Å²) in [4.78, 5) is 15.2. The summed E-state index contributed by atoms with van der Waals surface area (Å²) in [5, 5.41) is 11.2. The smallest absolute Gasteiger partial charge is 0.309 e. The highest BCUT2D eigenvalue weighted by molar-refractivity contribution is 7.13. The number of ether oxygens (including phenoxy) is 2. The third-order valence-corrected chi connectivity index (χ3v) is 4.57. The van der Waals surface area contributed by atoms with E-state index in [0.717, 1.165) is 0 Å². The Morgan fingerprint density at radius 1 is 1.27 bits per heavy atom. The zero-order valence-electron chi connectivity index (χ0n) is 13.9. The van der Waals surface area contributed by atoms with Crippen molar-refractivity contribution in [3.63, 3.8) is 0 Å². The van der Waals surface area contributed by atoms with E-state index in [9.17, 15) is 9.18 Å². The van der Waals surface area contributed by atoms with E-state index in [0.29, 0.717) is 33.3 Å². The summed E-state index contributed by atoms with van der Waals surface area (Å²) in [5.74, 6) is -0.189. The molecule has 0 aliphatic rings. The molecule has 0 aliphatic carbocycles. The lowest BCUT2D eigenvalue weighted by molar-refractivity contribution is -0.136. The number of carboxylic acids is 1. The third-order valence-electron chi connectivity index (χ3n) is 3.64. The average molecular weight is 373 g/mol. The number of rotatable bonds is 7. The van der Waals surface area contributed by atoms with Crippen LogP contribution in [0, 0.1) is 5.82 Å². The van der Waals surface area contributed by atoms with Crippen LogP contribution in [-0.4, -0.2) is 23.2 Å².